The first-order chi connectivity index (χ1) is 9.31. The molecular weight excluding hydrogens is 350 g/mol. The number of anilines is 1. The van der Waals surface area contributed by atoms with Crippen LogP contribution < -0.4 is 4.72 Å². The smallest absolute Gasteiger partial charge is 0.336 e. The molecule has 2 aromatic rings. The van der Waals surface area contributed by atoms with E-state index in [0.717, 1.165) is 6.07 Å². The van der Waals surface area contributed by atoms with Crippen molar-refractivity contribution in [1.29, 1.82) is 0 Å². The molecule has 2 rings (SSSR count). The number of aromatic amines is 1. The van der Waals surface area contributed by atoms with E-state index in [1.165, 1.54) is 18.3 Å². The molecule has 0 amide bonds. The molecule has 7 nitrogen and oxygen atoms in total. The highest BCUT2D eigenvalue weighted by Gasteiger charge is 2.20. The van der Waals surface area contributed by atoms with Crippen LogP contribution in [0.15, 0.2) is 33.8 Å². The summed E-state index contributed by atoms with van der Waals surface area (Å²) >= 11 is 3.16. The number of nitrogens with one attached hydrogen (secondary N) is 2. The van der Waals surface area contributed by atoms with Gasteiger partial charge in [-0.15, -0.1) is 0 Å². The standard InChI is InChI=1S/C11H10BrN3O4S/c1-6-8(11(16)17)4-7(5-9(6)12)20(18,19)15-10-2-3-13-14-10/h2-5H,1H3,(H,16,17)(H2,13,14,15). The molecule has 0 radical (unpaired) electrons. The fourth-order valence-electron chi connectivity index (χ4n) is 1.55. The Balaban J connectivity index is 2.49. The summed E-state index contributed by atoms with van der Waals surface area (Å²) in [5, 5.41) is 15.2. The number of hydrogen-bond donors (Lipinski definition) is 3. The first-order valence-electron chi connectivity index (χ1n) is 5.37. The van der Waals surface area contributed by atoms with E-state index >= 15 is 0 Å². The third kappa shape index (κ3) is 2.83. The summed E-state index contributed by atoms with van der Waals surface area (Å²) in [5.41, 5.74) is 0.377. The number of rotatable bonds is 4. The van der Waals surface area contributed by atoms with E-state index in [-0.39, 0.29) is 16.3 Å². The van der Waals surface area contributed by atoms with Crippen molar-refractivity contribution in [2.75, 3.05) is 4.72 Å². The van der Waals surface area contributed by atoms with Crippen LogP contribution in [0.3, 0.4) is 0 Å². The third-order valence-electron chi connectivity index (χ3n) is 2.60. The van der Waals surface area contributed by atoms with Crippen LogP contribution in [-0.4, -0.2) is 29.7 Å². The van der Waals surface area contributed by atoms with Gasteiger partial charge in [0.15, 0.2) is 0 Å². The highest BCUT2D eigenvalue weighted by atomic mass is 79.9. The largest absolute Gasteiger partial charge is 0.478 e. The van der Waals surface area contributed by atoms with Crippen LogP contribution in [-0.2, 0) is 10.0 Å². The zero-order chi connectivity index (χ0) is 14.9. The second-order valence-corrected chi connectivity index (χ2v) is 6.50. The minimum atomic E-state index is -3.89. The molecule has 1 heterocycles. The van der Waals surface area contributed by atoms with Gasteiger partial charge < -0.3 is 5.11 Å². The van der Waals surface area contributed by atoms with Gasteiger partial charge in [-0.05, 0) is 24.6 Å². The van der Waals surface area contributed by atoms with Gasteiger partial charge in [-0.2, -0.15) is 5.10 Å². The molecule has 0 aliphatic rings. The zero-order valence-electron chi connectivity index (χ0n) is 10.2. The molecule has 0 atom stereocenters. The maximum absolute atomic E-state index is 12.2. The van der Waals surface area contributed by atoms with Crippen molar-refractivity contribution in [2.24, 2.45) is 0 Å². The number of carboxylic acid groups (broad SMARTS) is 1. The van der Waals surface area contributed by atoms with Gasteiger partial charge in [0.25, 0.3) is 10.0 Å². The molecular formula is C11H10BrN3O4S. The molecule has 0 bridgehead atoms. The predicted molar refractivity (Wildman–Crippen MR) is 75.2 cm³/mol. The Bertz CT molecular complexity index is 756. The number of carbonyl (C=O) groups is 1. The molecule has 0 spiro atoms. The topological polar surface area (TPSA) is 112 Å². The van der Waals surface area contributed by atoms with Crippen LogP contribution in [0.4, 0.5) is 5.82 Å². The monoisotopic (exact) mass is 359 g/mol. The van der Waals surface area contributed by atoms with Crippen LogP contribution in [0, 0.1) is 6.92 Å². The summed E-state index contributed by atoms with van der Waals surface area (Å²) in [5.74, 6) is -1.000. The van der Waals surface area contributed by atoms with Crippen molar-refractivity contribution in [3.05, 3.63) is 40.0 Å². The van der Waals surface area contributed by atoms with Crippen molar-refractivity contribution in [3.63, 3.8) is 0 Å². The number of benzene rings is 1. The second-order valence-electron chi connectivity index (χ2n) is 3.96. The Morgan fingerprint density at radius 2 is 2.15 bits per heavy atom. The number of sulfonamides is 1. The Morgan fingerprint density at radius 3 is 2.70 bits per heavy atom. The molecule has 1 aromatic heterocycles. The van der Waals surface area contributed by atoms with Crippen molar-refractivity contribution < 1.29 is 18.3 Å². The van der Waals surface area contributed by atoms with Crippen molar-refractivity contribution in [1.82, 2.24) is 10.2 Å². The number of aromatic carboxylic acids is 1. The van der Waals surface area contributed by atoms with Crippen LogP contribution >= 0.6 is 15.9 Å². The van der Waals surface area contributed by atoms with Gasteiger partial charge in [0.2, 0.25) is 0 Å². The molecule has 0 aliphatic heterocycles. The van der Waals surface area contributed by atoms with Gasteiger partial charge in [0.05, 0.1) is 16.7 Å². The first-order valence-corrected chi connectivity index (χ1v) is 7.64. The Hall–Kier alpha value is -1.87. The third-order valence-corrected chi connectivity index (χ3v) is 4.77. The summed E-state index contributed by atoms with van der Waals surface area (Å²) in [6.07, 6.45) is 1.39. The first kappa shape index (κ1) is 14.5. The maximum atomic E-state index is 12.2. The highest BCUT2D eigenvalue weighted by Crippen LogP contribution is 2.26. The number of halogens is 1. The fourth-order valence-corrected chi connectivity index (χ4v) is 3.23. The lowest BCUT2D eigenvalue weighted by Gasteiger charge is -2.10. The second kappa shape index (κ2) is 5.25. The lowest BCUT2D eigenvalue weighted by atomic mass is 10.1. The lowest BCUT2D eigenvalue weighted by Crippen LogP contribution is -2.15. The minimum absolute atomic E-state index is 0.0793. The molecule has 0 unspecified atom stereocenters. The van der Waals surface area contributed by atoms with Crippen molar-refractivity contribution in [2.45, 2.75) is 11.8 Å². The fraction of sp³-hybridized carbons (Fsp3) is 0.0909. The molecule has 0 aliphatic carbocycles. The van der Waals surface area contributed by atoms with Gasteiger partial charge in [0, 0.05) is 10.5 Å². The Labute approximate surface area is 123 Å². The van der Waals surface area contributed by atoms with Crippen LogP contribution in [0.5, 0.6) is 0 Å². The van der Waals surface area contributed by atoms with Gasteiger partial charge in [-0.1, -0.05) is 15.9 Å². The molecule has 106 valence electrons. The van der Waals surface area contributed by atoms with E-state index in [1.807, 2.05) is 0 Å². The van der Waals surface area contributed by atoms with Crippen LogP contribution in [0.1, 0.15) is 15.9 Å². The maximum Gasteiger partial charge on any atom is 0.336 e. The molecule has 0 saturated carbocycles. The van der Waals surface area contributed by atoms with E-state index in [0.29, 0.717) is 10.0 Å². The molecule has 9 heteroatoms. The summed E-state index contributed by atoms with van der Waals surface area (Å²) in [6.45, 7) is 1.59. The molecule has 20 heavy (non-hydrogen) atoms. The molecule has 0 fully saturated rings. The molecule has 3 N–H and O–H groups in total. The number of hydrogen-bond acceptors (Lipinski definition) is 4. The van der Waals surface area contributed by atoms with Crippen LogP contribution in [0.2, 0.25) is 0 Å². The van der Waals surface area contributed by atoms with Gasteiger partial charge in [0.1, 0.15) is 5.82 Å². The normalized spacial score (nSPS) is 11.3. The average molecular weight is 360 g/mol. The van der Waals surface area contributed by atoms with E-state index in [4.69, 9.17) is 5.11 Å². The van der Waals surface area contributed by atoms with Gasteiger partial charge in [-0.25, -0.2) is 13.2 Å². The van der Waals surface area contributed by atoms with E-state index < -0.39 is 16.0 Å². The SMILES string of the molecule is Cc1c(Br)cc(S(=O)(=O)Nc2ccn[nH]2)cc1C(=O)O. The summed E-state index contributed by atoms with van der Waals surface area (Å²) < 4.78 is 27.0. The van der Waals surface area contributed by atoms with Crippen LogP contribution in [0.25, 0.3) is 0 Å². The lowest BCUT2D eigenvalue weighted by molar-refractivity contribution is 0.0695. The number of H-pyrrole nitrogens is 1. The quantitative estimate of drug-likeness (QED) is 0.772. The van der Waals surface area contributed by atoms with E-state index in [9.17, 15) is 13.2 Å². The highest BCUT2D eigenvalue weighted by molar-refractivity contribution is 9.10. The Kier molecular flexibility index (Phi) is 3.82. The molecule has 1 aromatic carbocycles. The van der Waals surface area contributed by atoms with Gasteiger partial charge in [-0.3, -0.25) is 9.82 Å². The van der Waals surface area contributed by atoms with E-state index in [2.05, 4.69) is 30.8 Å². The number of nitrogens with zero attached hydrogens (tertiary/aromatic N) is 1. The number of carboxylic acids is 1. The summed E-state index contributed by atoms with van der Waals surface area (Å²) in [6, 6.07) is 3.90. The molecule has 0 saturated heterocycles. The minimum Gasteiger partial charge on any atom is -0.478 e. The van der Waals surface area contributed by atoms with Crippen molar-refractivity contribution in [3.8, 4) is 0 Å². The van der Waals surface area contributed by atoms with Gasteiger partial charge >= 0.3 is 5.97 Å². The summed E-state index contributed by atoms with van der Waals surface area (Å²) in [4.78, 5) is 11.0. The predicted octanol–water partition coefficient (Wildman–Crippen LogP) is 1.98. The zero-order valence-corrected chi connectivity index (χ0v) is 12.6. The Morgan fingerprint density at radius 1 is 1.45 bits per heavy atom. The van der Waals surface area contributed by atoms with E-state index in [1.54, 1.807) is 6.92 Å². The number of aromatic nitrogens is 2. The average Bonchev–Trinajstić information content (AvgIpc) is 2.83. The summed E-state index contributed by atoms with van der Waals surface area (Å²) in [7, 11) is -3.89. The van der Waals surface area contributed by atoms with Crippen molar-refractivity contribution >= 4 is 37.7 Å².